The highest BCUT2D eigenvalue weighted by atomic mass is 35.5. The molecule has 2 aliphatic carbocycles. The van der Waals surface area contributed by atoms with Crippen molar-refractivity contribution in [2.24, 2.45) is 11.8 Å². The van der Waals surface area contributed by atoms with Crippen LogP contribution in [0.3, 0.4) is 0 Å². The maximum atomic E-state index is 14.2. The van der Waals surface area contributed by atoms with Crippen LogP contribution in [-0.4, -0.2) is 135 Å². The molecule has 452 valence electrons. The Morgan fingerprint density at radius 1 is 0.565 bits per heavy atom. The zero-order valence-electron chi connectivity index (χ0n) is 50.4. The third kappa shape index (κ3) is 13.2. The molecule has 0 bridgehead atoms. The molecule has 4 aliphatic heterocycles. The molecule has 12 rings (SSSR count). The molecule has 85 heavy (non-hydrogen) atoms. The van der Waals surface area contributed by atoms with Crippen molar-refractivity contribution in [1.29, 1.82) is 0 Å². The third-order valence-corrected chi connectivity index (χ3v) is 18.6. The average Bonchev–Trinajstić information content (AvgIpc) is 3.11. The number of ether oxygens (including phenoxy) is 4. The molecule has 2 atom stereocenters. The smallest absolute Gasteiger partial charge is 0.337 e. The van der Waals surface area contributed by atoms with Crippen LogP contribution in [0.4, 0.5) is 11.4 Å². The number of nitrogens with zero attached hydrogens (tertiary/aromatic N) is 5. The SMILES string of the molecule is COC(=O)c1ccc2c(C3CCCCC3)c3n(c2c1)CC(=O)Nc1cc(C)ccc1-3.COCC1CCCN(C(=O)CN2C(=O)Cn3c(c(C4CCCCC4)c4ccc(C(=O)OC)cc43)-c3ccc(C)cc32)C1.COC[C@@H]1CCCN(C(=O)CCl)C1. The van der Waals surface area contributed by atoms with Crippen molar-refractivity contribution in [1.82, 2.24) is 18.9 Å². The van der Waals surface area contributed by atoms with Crippen LogP contribution in [-0.2, 0) is 51.2 Å². The number of esters is 2. The van der Waals surface area contributed by atoms with Gasteiger partial charge in [-0.15, -0.1) is 11.6 Å². The number of nitrogens with one attached hydrogen (secondary N) is 1. The highest BCUT2D eigenvalue weighted by Crippen LogP contribution is 2.49. The first kappa shape index (κ1) is 61.1. The first-order valence-corrected chi connectivity index (χ1v) is 31.2. The number of carbonyl (C=O) groups excluding carboxylic acids is 6. The van der Waals surface area contributed by atoms with E-state index >= 15 is 0 Å². The van der Waals surface area contributed by atoms with Crippen molar-refractivity contribution in [3.63, 3.8) is 0 Å². The lowest BCUT2D eigenvalue weighted by Gasteiger charge is -2.34. The Hall–Kier alpha value is -7.01. The van der Waals surface area contributed by atoms with E-state index in [1.165, 1.54) is 63.9 Å². The van der Waals surface area contributed by atoms with Gasteiger partial charge in [-0.3, -0.25) is 19.2 Å². The number of halogens is 1. The molecular weight excluding hydrogens is 1100 g/mol. The molecule has 1 unspecified atom stereocenters. The maximum absolute atomic E-state index is 14.2. The van der Waals surface area contributed by atoms with E-state index in [0.717, 1.165) is 138 Å². The summed E-state index contributed by atoms with van der Waals surface area (Å²) in [4.78, 5) is 82.1. The highest BCUT2D eigenvalue weighted by molar-refractivity contribution is 6.27. The summed E-state index contributed by atoms with van der Waals surface area (Å²) >= 11 is 5.49. The van der Waals surface area contributed by atoms with Gasteiger partial charge in [0.1, 0.15) is 25.5 Å². The van der Waals surface area contributed by atoms with E-state index in [1.54, 1.807) is 19.1 Å². The van der Waals surface area contributed by atoms with Gasteiger partial charge in [0.05, 0.1) is 72.4 Å². The lowest BCUT2D eigenvalue weighted by atomic mass is 9.81. The molecule has 0 spiro atoms. The topological polar surface area (TPSA) is 171 Å². The number of rotatable bonds is 11. The summed E-state index contributed by atoms with van der Waals surface area (Å²) in [6, 6.07) is 24.0. The number of likely N-dealkylation sites (tertiary alicyclic amines) is 2. The third-order valence-electron chi connectivity index (χ3n) is 18.3. The standard InChI is InChI=1S/C34H41N3O5.C25H26N2O3.C9H16ClNO2/c1-22-11-13-27-28(16-22)36(19-30(38)35-15-7-8-23(18-35)21-41-2)31(39)20-37-29-17-25(34(40)42-3)12-14-26(29)32(33(27)37)24-9-5-4-6-10-24;1-15-8-10-18-20(12-15)26-22(28)14-27-21-13-17(25(29)30-2)9-11-19(21)23(24(18)27)16-6-4-3-5-7-16;1-13-7-8-3-2-4-11(6-8)9(12)5-10/h11-14,16-17,23-24H,4-10,15,18-21H2,1-3H3;8-13,16H,3-7,14H2,1-2H3,(H,26,28);8H,2-7H2,1H3/t;;8-/m..1/s1. The number of piperidine rings is 2. The van der Waals surface area contributed by atoms with Crippen molar-refractivity contribution >= 4 is 80.3 Å². The van der Waals surface area contributed by atoms with Gasteiger partial charge in [-0.2, -0.15) is 0 Å². The van der Waals surface area contributed by atoms with Crippen LogP contribution in [0.2, 0.25) is 0 Å². The van der Waals surface area contributed by atoms with Gasteiger partial charge in [-0.05, 0) is 148 Å². The molecular formula is C68H83ClN6O10. The molecule has 1 N–H and O–H groups in total. The monoisotopic (exact) mass is 1180 g/mol. The number of aryl methyl sites for hydroxylation is 2. The van der Waals surface area contributed by atoms with Crippen molar-refractivity contribution in [2.45, 2.75) is 129 Å². The molecule has 4 amide bonds. The van der Waals surface area contributed by atoms with E-state index in [2.05, 4.69) is 38.7 Å². The molecule has 2 saturated carbocycles. The van der Waals surface area contributed by atoms with Gasteiger partial charge in [-0.25, -0.2) is 9.59 Å². The number of fused-ring (bicyclic) bond motifs is 10. The molecule has 17 heteroatoms. The Labute approximate surface area is 504 Å². The predicted molar refractivity (Wildman–Crippen MR) is 333 cm³/mol. The van der Waals surface area contributed by atoms with Gasteiger partial charge in [0.25, 0.3) is 0 Å². The van der Waals surface area contributed by atoms with Gasteiger partial charge in [-0.1, -0.05) is 74.9 Å². The summed E-state index contributed by atoms with van der Waals surface area (Å²) in [6.45, 7) is 8.78. The number of amides is 4. The Bertz CT molecular complexity index is 3460. The molecule has 6 aromatic rings. The summed E-state index contributed by atoms with van der Waals surface area (Å²) in [5.41, 5.74) is 13.3. The Kier molecular flexibility index (Phi) is 19.8. The first-order valence-electron chi connectivity index (χ1n) is 30.6. The lowest BCUT2D eigenvalue weighted by molar-refractivity contribution is -0.133. The molecule has 16 nitrogen and oxygen atoms in total. The van der Waals surface area contributed by atoms with E-state index in [1.807, 2.05) is 72.2 Å². The van der Waals surface area contributed by atoms with E-state index in [9.17, 15) is 28.8 Å². The number of hydrogen-bond donors (Lipinski definition) is 1. The molecule has 4 aromatic carbocycles. The Balaban J connectivity index is 0.000000162. The van der Waals surface area contributed by atoms with Crippen LogP contribution in [0.1, 0.15) is 145 Å². The zero-order valence-corrected chi connectivity index (χ0v) is 51.2. The molecule has 2 aromatic heterocycles. The van der Waals surface area contributed by atoms with Gasteiger partial charge in [0, 0.05) is 62.3 Å². The molecule has 6 heterocycles. The minimum absolute atomic E-state index is 0.00390. The number of alkyl halides is 1. The van der Waals surface area contributed by atoms with Gasteiger partial charge in [0.15, 0.2) is 0 Å². The van der Waals surface area contributed by atoms with E-state index in [4.69, 9.17) is 30.5 Å². The summed E-state index contributed by atoms with van der Waals surface area (Å²) in [5.74, 6) is 0.807. The maximum Gasteiger partial charge on any atom is 0.337 e. The predicted octanol–water partition coefficient (Wildman–Crippen LogP) is 12.2. The second-order valence-corrected chi connectivity index (χ2v) is 24.4. The number of methoxy groups -OCH3 is 4. The van der Waals surface area contributed by atoms with Gasteiger partial charge in [0.2, 0.25) is 23.6 Å². The second kappa shape index (κ2) is 27.6. The zero-order chi connectivity index (χ0) is 59.9. The first-order chi connectivity index (χ1) is 41.2. The fourth-order valence-electron chi connectivity index (χ4n) is 14.3. The van der Waals surface area contributed by atoms with Gasteiger partial charge >= 0.3 is 11.9 Å². The lowest BCUT2D eigenvalue weighted by Crippen LogP contribution is -2.47. The minimum atomic E-state index is -0.400. The number of carbonyl (C=O) groups is 6. The van der Waals surface area contributed by atoms with Crippen molar-refractivity contribution in [3.05, 3.63) is 106 Å². The molecule has 4 fully saturated rings. The quantitative estimate of drug-likeness (QED) is 0.0972. The summed E-state index contributed by atoms with van der Waals surface area (Å²) in [6.07, 6.45) is 16.1. The van der Waals surface area contributed by atoms with Crippen molar-refractivity contribution < 1.29 is 47.7 Å². The number of anilines is 2. The fraction of sp³-hybridized carbons (Fsp3) is 0.500. The minimum Gasteiger partial charge on any atom is -0.465 e. The summed E-state index contributed by atoms with van der Waals surface area (Å²) in [5, 5.41) is 5.32. The van der Waals surface area contributed by atoms with Crippen molar-refractivity contribution in [2.75, 3.05) is 90.5 Å². The van der Waals surface area contributed by atoms with Crippen molar-refractivity contribution in [3.8, 4) is 22.5 Å². The Morgan fingerprint density at radius 2 is 1.06 bits per heavy atom. The van der Waals surface area contributed by atoms with Crippen LogP contribution >= 0.6 is 11.6 Å². The van der Waals surface area contributed by atoms with Crippen LogP contribution in [0, 0.1) is 25.7 Å². The molecule has 6 aliphatic rings. The van der Waals surface area contributed by atoms with Crippen LogP contribution in [0.5, 0.6) is 0 Å². The largest absolute Gasteiger partial charge is 0.465 e. The van der Waals surface area contributed by atoms with Crippen LogP contribution in [0.15, 0.2) is 72.8 Å². The number of hydrogen-bond acceptors (Lipinski definition) is 10. The summed E-state index contributed by atoms with van der Waals surface area (Å²) in [7, 11) is 6.17. The number of aromatic nitrogens is 2. The molecule has 2 saturated heterocycles. The van der Waals surface area contributed by atoms with E-state index in [-0.39, 0.29) is 55.1 Å². The number of benzene rings is 4. The van der Waals surface area contributed by atoms with Crippen LogP contribution in [0.25, 0.3) is 44.3 Å². The Morgan fingerprint density at radius 3 is 1.58 bits per heavy atom. The highest BCUT2D eigenvalue weighted by Gasteiger charge is 2.37. The van der Waals surface area contributed by atoms with Gasteiger partial charge < -0.3 is 48.1 Å². The normalized spacial score (nSPS) is 19.0. The van der Waals surface area contributed by atoms with Crippen LogP contribution < -0.4 is 10.2 Å². The molecule has 0 radical (unpaired) electrons. The van der Waals surface area contributed by atoms with E-state index < -0.39 is 5.97 Å². The summed E-state index contributed by atoms with van der Waals surface area (Å²) < 4.78 is 24.6. The van der Waals surface area contributed by atoms with E-state index in [0.29, 0.717) is 54.5 Å². The average molecular weight is 1180 g/mol. The fourth-order valence-corrected chi connectivity index (χ4v) is 14.5. The second-order valence-electron chi connectivity index (χ2n) is 24.2.